The molecule has 0 atom stereocenters. The monoisotopic (exact) mass is 280 g/mol. The fourth-order valence-corrected chi connectivity index (χ4v) is 2.90. The number of aromatic nitrogens is 2. The number of rotatable bonds is 4. The number of nitrogens with zero attached hydrogens (tertiary/aromatic N) is 2. The van der Waals surface area contributed by atoms with Crippen molar-refractivity contribution < 1.29 is 0 Å². The van der Waals surface area contributed by atoms with Crippen LogP contribution < -0.4 is 0 Å². The molecule has 3 aromatic rings. The Hall–Kier alpha value is -2.00. The molecule has 0 spiro atoms. The van der Waals surface area contributed by atoms with E-state index >= 15 is 0 Å². The zero-order valence-corrected chi connectivity index (χ0v) is 12.2. The lowest BCUT2D eigenvalue weighted by Crippen LogP contribution is -1.84. The largest absolute Gasteiger partial charge is 0.276 e. The fourth-order valence-electron chi connectivity index (χ4n) is 2.09. The topological polar surface area (TPSA) is 17.8 Å². The molecule has 0 aliphatic heterocycles. The molecule has 1 aromatic heterocycles. The summed E-state index contributed by atoms with van der Waals surface area (Å²) in [4.78, 5) is 1.29. The molecule has 0 unspecified atom stereocenters. The third kappa shape index (κ3) is 3.11. The van der Waals surface area contributed by atoms with E-state index in [2.05, 4.69) is 59.8 Å². The molecule has 0 aliphatic carbocycles. The maximum absolute atomic E-state index is 4.19. The standard InChI is InChI=1S/C17H16N2S/c1-19-12-14(11-18-19)13-20-17-9-7-16(8-10-17)15-5-3-2-4-6-15/h2-12H,13H2,1H3. The van der Waals surface area contributed by atoms with Crippen molar-refractivity contribution in [2.45, 2.75) is 10.6 Å². The highest BCUT2D eigenvalue weighted by Gasteiger charge is 2.00. The van der Waals surface area contributed by atoms with E-state index in [0.29, 0.717) is 0 Å². The van der Waals surface area contributed by atoms with Crippen LogP contribution in [0.1, 0.15) is 5.56 Å². The highest BCUT2D eigenvalue weighted by Crippen LogP contribution is 2.26. The number of hydrogen-bond donors (Lipinski definition) is 0. The van der Waals surface area contributed by atoms with Crippen molar-refractivity contribution in [3.63, 3.8) is 0 Å². The molecule has 0 radical (unpaired) electrons. The van der Waals surface area contributed by atoms with Crippen molar-refractivity contribution in [1.82, 2.24) is 9.78 Å². The van der Waals surface area contributed by atoms with Gasteiger partial charge < -0.3 is 0 Å². The molecule has 0 fully saturated rings. The SMILES string of the molecule is Cn1cc(CSc2ccc(-c3ccccc3)cc2)cn1. The molecule has 0 bridgehead atoms. The van der Waals surface area contributed by atoms with Gasteiger partial charge in [-0.15, -0.1) is 11.8 Å². The number of benzene rings is 2. The van der Waals surface area contributed by atoms with Crippen molar-refractivity contribution in [1.29, 1.82) is 0 Å². The van der Waals surface area contributed by atoms with Gasteiger partial charge in [0.2, 0.25) is 0 Å². The second-order valence-electron chi connectivity index (χ2n) is 4.70. The Kier molecular flexibility index (Phi) is 3.88. The summed E-state index contributed by atoms with van der Waals surface area (Å²) in [5, 5.41) is 4.19. The minimum atomic E-state index is 0.957. The zero-order valence-electron chi connectivity index (χ0n) is 11.4. The Bertz CT molecular complexity index is 672. The Morgan fingerprint density at radius 1 is 0.950 bits per heavy atom. The predicted octanol–water partition coefficient (Wildman–Crippen LogP) is 4.38. The first-order chi connectivity index (χ1) is 9.81. The second-order valence-corrected chi connectivity index (χ2v) is 5.75. The van der Waals surface area contributed by atoms with Gasteiger partial charge >= 0.3 is 0 Å². The van der Waals surface area contributed by atoms with Crippen LogP contribution in [0, 0.1) is 0 Å². The third-order valence-electron chi connectivity index (χ3n) is 3.13. The van der Waals surface area contributed by atoms with E-state index in [1.165, 1.54) is 21.6 Å². The lowest BCUT2D eigenvalue weighted by Gasteiger charge is -2.04. The molecule has 3 rings (SSSR count). The van der Waals surface area contributed by atoms with Gasteiger partial charge in [0.1, 0.15) is 0 Å². The van der Waals surface area contributed by atoms with Crippen molar-refractivity contribution in [2.24, 2.45) is 7.05 Å². The molecule has 100 valence electrons. The summed E-state index contributed by atoms with van der Waals surface area (Å²) in [6.07, 6.45) is 3.98. The van der Waals surface area contributed by atoms with Crippen LogP contribution in [0.15, 0.2) is 71.9 Å². The molecule has 3 heteroatoms. The van der Waals surface area contributed by atoms with Crippen LogP contribution in [0.25, 0.3) is 11.1 Å². The number of hydrogen-bond acceptors (Lipinski definition) is 2. The quantitative estimate of drug-likeness (QED) is 0.660. The van der Waals surface area contributed by atoms with E-state index < -0.39 is 0 Å². The minimum Gasteiger partial charge on any atom is -0.276 e. The van der Waals surface area contributed by atoms with E-state index in [1.54, 1.807) is 0 Å². The summed E-state index contributed by atoms with van der Waals surface area (Å²) in [7, 11) is 1.95. The van der Waals surface area contributed by atoms with Crippen LogP contribution in [-0.2, 0) is 12.8 Å². The molecule has 2 aromatic carbocycles. The smallest absolute Gasteiger partial charge is 0.0530 e. The van der Waals surface area contributed by atoms with Gasteiger partial charge in [0.15, 0.2) is 0 Å². The van der Waals surface area contributed by atoms with E-state index in [4.69, 9.17) is 0 Å². The van der Waals surface area contributed by atoms with Gasteiger partial charge in [-0.05, 0) is 23.3 Å². The molecule has 0 aliphatic rings. The predicted molar refractivity (Wildman–Crippen MR) is 84.6 cm³/mol. The highest BCUT2D eigenvalue weighted by molar-refractivity contribution is 7.98. The third-order valence-corrected chi connectivity index (χ3v) is 4.21. The molecule has 1 heterocycles. The summed E-state index contributed by atoms with van der Waals surface area (Å²) in [6.45, 7) is 0. The van der Waals surface area contributed by atoms with E-state index in [1.807, 2.05) is 35.8 Å². The van der Waals surface area contributed by atoms with Crippen LogP contribution in [0.5, 0.6) is 0 Å². The van der Waals surface area contributed by atoms with Crippen LogP contribution in [0.3, 0.4) is 0 Å². The van der Waals surface area contributed by atoms with Crippen molar-refractivity contribution in [3.8, 4) is 11.1 Å². The van der Waals surface area contributed by atoms with E-state index in [9.17, 15) is 0 Å². The summed E-state index contributed by atoms with van der Waals surface area (Å²) < 4.78 is 1.84. The van der Waals surface area contributed by atoms with Gasteiger partial charge in [0.25, 0.3) is 0 Å². The lowest BCUT2D eigenvalue weighted by molar-refractivity contribution is 0.767. The van der Waals surface area contributed by atoms with Gasteiger partial charge in [-0.25, -0.2) is 0 Å². The first kappa shape index (κ1) is 13.0. The zero-order chi connectivity index (χ0) is 13.8. The van der Waals surface area contributed by atoms with Gasteiger partial charge in [0.05, 0.1) is 6.20 Å². The van der Waals surface area contributed by atoms with Crippen LogP contribution in [0.4, 0.5) is 0 Å². The summed E-state index contributed by atoms with van der Waals surface area (Å²) in [5.74, 6) is 0.957. The molecular formula is C17H16N2S. The molecule has 0 amide bonds. The Balaban J connectivity index is 1.67. The molecule has 20 heavy (non-hydrogen) atoms. The molecule has 0 saturated carbocycles. The summed E-state index contributed by atoms with van der Waals surface area (Å²) in [5.41, 5.74) is 3.78. The molecule has 0 saturated heterocycles. The second kappa shape index (κ2) is 5.97. The van der Waals surface area contributed by atoms with Gasteiger partial charge in [0, 0.05) is 29.5 Å². The molecular weight excluding hydrogens is 264 g/mol. The van der Waals surface area contributed by atoms with Crippen LogP contribution >= 0.6 is 11.8 Å². The number of aryl methyl sites for hydroxylation is 1. The van der Waals surface area contributed by atoms with E-state index in [0.717, 1.165) is 5.75 Å². The first-order valence-electron chi connectivity index (χ1n) is 6.57. The lowest BCUT2D eigenvalue weighted by atomic mass is 10.1. The Morgan fingerprint density at radius 2 is 1.65 bits per heavy atom. The average molecular weight is 280 g/mol. The van der Waals surface area contributed by atoms with Gasteiger partial charge in [-0.1, -0.05) is 42.5 Å². The Morgan fingerprint density at radius 3 is 2.30 bits per heavy atom. The first-order valence-corrected chi connectivity index (χ1v) is 7.55. The molecule has 0 N–H and O–H groups in total. The van der Waals surface area contributed by atoms with Crippen molar-refractivity contribution in [3.05, 3.63) is 72.6 Å². The normalized spacial score (nSPS) is 10.7. The van der Waals surface area contributed by atoms with Crippen LogP contribution in [-0.4, -0.2) is 9.78 Å². The summed E-state index contributed by atoms with van der Waals surface area (Å²) >= 11 is 1.84. The van der Waals surface area contributed by atoms with Crippen molar-refractivity contribution in [2.75, 3.05) is 0 Å². The van der Waals surface area contributed by atoms with Gasteiger partial charge in [-0.3, -0.25) is 4.68 Å². The maximum Gasteiger partial charge on any atom is 0.0530 e. The van der Waals surface area contributed by atoms with E-state index in [-0.39, 0.29) is 0 Å². The van der Waals surface area contributed by atoms with Crippen molar-refractivity contribution >= 4 is 11.8 Å². The Labute approximate surface area is 123 Å². The highest BCUT2D eigenvalue weighted by atomic mass is 32.2. The average Bonchev–Trinajstić information content (AvgIpc) is 2.92. The fraction of sp³-hybridized carbons (Fsp3) is 0.118. The summed E-state index contributed by atoms with van der Waals surface area (Å²) in [6, 6.07) is 19.2. The number of thioether (sulfide) groups is 1. The van der Waals surface area contributed by atoms with Gasteiger partial charge in [-0.2, -0.15) is 5.10 Å². The molecule has 2 nitrogen and oxygen atoms in total. The minimum absolute atomic E-state index is 0.957. The maximum atomic E-state index is 4.19. The van der Waals surface area contributed by atoms with Crippen LogP contribution in [0.2, 0.25) is 0 Å².